The maximum absolute atomic E-state index is 12.8. The van der Waals surface area contributed by atoms with Gasteiger partial charge in [-0.2, -0.15) is 0 Å². The van der Waals surface area contributed by atoms with E-state index in [1.165, 1.54) is 18.2 Å². The van der Waals surface area contributed by atoms with Crippen LogP contribution in [0.1, 0.15) is 22.8 Å². The molecule has 1 rings (SSSR count). The summed E-state index contributed by atoms with van der Waals surface area (Å²) in [6.07, 6.45) is 0. The van der Waals surface area contributed by atoms with Crippen LogP contribution in [-0.4, -0.2) is 12.6 Å². The largest absolute Gasteiger partial charge is 0.462 e. The summed E-state index contributed by atoms with van der Waals surface area (Å²) in [6, 6.07) is 4.00. The molecular weight excluding hydrogens is 251 g/mol. The van der Waals surface area contributed by atoms with Gasteiger partial charge in [0.05, 0.1) is 12.2 Å². The molecule has 0 fully saturated rings. The first-order valence-electron chi connectivity index (χ1n) is 4.20. The number of rotatable bonds is 3. The summed E-state index contributed by atoms with van der Waals surface area (Å²) in [4.78, 5) is 11.4. The molecule has 1 aromatic carbocycles. The van der Waals surface area contributed by atoms with Crippen molar-refractivity contribution in [2.24, 2.45) is 0 Å². The molecule has 0 aliphatic rings. The molecule has 0 aromatic heterocycles. The summed E-state index contributed by atoms with van der Waals surface area (Å²) >= 11 is 3.19. The minimum atomic E-state index is -0.415. The molecule has 1 aromatic rings. The van der Waals surface area contributed by atoms with E-state index in [0.29, 0.717) is 23.1 Å². The molecule has 76 valence electrons. The average Bonchev–Trinajstić information content (AvgIpc) is 2.17. The summed E-state index contributed by atoms with van der Waals surface area (Å²) < 4.78 is 17.6. The normalized spacial score (nSPS) is 9.93. The SMILES string of the molecule is CCOC(=O)c1ccc(F)cc1CBr. The highest BCUT2D eigenvalue weighted by atomic mass is 79.9. The van der Waals surface area contributed by atoms with Crippen molar-refractivity contribution in [3.63, 3.8) is 0 Å². The van der Waals surface area contributed by atoms with Crippen LogP contribution in [0.5, 0.6) is 0 Å². The predicted molar refractivity (Wildman–Crippen MR) is 55.0 cm³/mol. The van der Waals surface area contributed by atoms with Gasteiger partial charge in [0.25, 0.3) is 0 Å². The van der Waals surface area contributed by atoms with Gasteiger partial charge in [0.15, 0.2) is 0 Å². The molecule has 0 aliphatic heterocycles. The lowest BCUT2D eigenvalue weighted by atomic mass is 10.1. The minimum absolute atomic E-state index is 0.317. The van der Waals surface area contributed by atoms with Crippen molar-refractivity contribution in [3.8, 4) is 0 Å². The van der Waals surface area contributed by atoms with Crippen LogP contribution >= 0.6 is 15.9 Å². The van der Waals surface area contributed by atoms with Crippen LogP contribution in [0.4, 0.5) is 4.39 Å². The second-order valence-corrected chi connectivity index (χ2v) is 3.22. The van der Waals surface area contributed by atoms with E-state index in [9.17, 15) is 9.18 Å². The van der Waals surface area contributed by atoms with E-state index in [1.807, 2.05) is 0 Å². The third-order valence-electron chi connectivity index (χ3n) is 1.71. The summed E-state index contributed by atoms with van der Waals surface area (Å²) in [5, 5.41) is 0.429. The average molecular weight is 261 g/mol. The van der Waals surface area contributed by atoms with E-state index in [0.717, 1.165) is 0 Å². The van der Waals surface area contributed by atoms with Gasteiger partial charge in [0.2, 0.25) is 0 Å². The van der Waals surface area contributed by atoms with Crippen LogP contribution in [0.15, 0.2) is 18.2 Å². The number of ether oxygens (including phenoxy) is 1. The van der Waals surface area contributed by atoms with Gasteiger partial charge in [-0.3, -0.25) is 0 Å². The summed E-state index contributed by atoms with van der Waals surface area (Å²) in [5.41, 5.74) is 1.01. The van der Waals surface area contributed by atoms with Gasteiger partial charge in [0.1, 0.15) is 5.82 Å². The Labute approximate surface area is 90.2 Å². The Kier molecular flexibility index (Phi) is 4.07. The molecule has 0 saturated carbocycles. The Bertz CT molecular complexity index is 339. The highest BCUT2D eigenvalue weighted by Gasteiger charge is 2.11. The van der Waals surface area contributed by atoms with Crippen molar-refractivity contribution >= 4 is 21.9 Å². The number of carbonyl (C=O) groups excluding carboxylic acids is 1. The Balaban J connectivity index is 3.01. The molecule has 0 bridgehead atoms. The Morgan fingerprint density at radius 1 is 1.57 bits per heavy atom. The Morgan fingerprint density at radius 3 is 2.86 bits per heavy atom. The fourth-order valence-electron chi connectivity index (χ4n) is 1.08. The molecule has 0 aliphatic carbocycles. The first-order valence-corrected chi connectivity index (χ1v) is 5.32. The number of halogens is 2. The van der Waals surface area contributed by atoms with E-state index in [-0.39, 0.29) is 5.82 Å². The Hall–Kier alpha value is -0.900. The zero-order valence-electron chi connectivity index (χ0n) is 7.72. The van der Waals surface area contributed by atoms with Gasteiger partial charge in [-0.15, -0.1) is 0 Å². The van der Waals surface area contributed by atoms with Gasteiger partial charge in [-0.1, -0.05) is 15.9 Å². The smallest absolute Gasteiger partial charge is 0.338 e. The highest BCUT2D eigenvalue weighted by molar-refractivity contribution is 9.08. The number of hydrogen-bond acceptors (Lipinski definition) is 2. The zero-order chi connectivity index (χ0) is 10.6. The van der Waals surface area contributed by atoms with Gasteiger partial charge in [-0.05, 0) is 30.7 Å². The monoisotopic (exact) mass is 260 g/mol. The molecule has 0 N–H and O–H groups in total. The van der Waals surface area contributed by atoms with Crippen LogP contribution in [0.25, 0.3) is 0 Å². The molecule has 0 spiro atoms. The third-order valence-corrected chi connectivity index (χ3v) is 2.31. The fraction of sp³-hybridized carbons (Fsp3) is 0.300. The lowest BCUT2D eigenvalue weighted by Crippen LogP contribution is -2.07. The standard InChI is InChI=1S/C10H10BrFO2/c1-2-14-10(13)9-4-3-8(12)5-7(9)6-11/h3-5H,2,6H2,1H3. The van der Waals surface area contributed by atoms with Crippen LogP contribution in [0.2, 0.25) is 0 Å². The van der Waals surface area contributed by atoms with Crippen molar-refractivity contribution in [2.75, 3.05) is 6.61 Å². The minimum Gasteiger partial charge on any atom is -0.462 e. The molecule has 0 amide bonds. The fourth-order valence-corrected chi connectivity index (χ4v) is 1.54. The van der Waals surface area contributed by atoms with Crippen LogP contribution in [0.3, 0.4) is 0 Å². The predicted octanol–water partition coefficient (Wildman–Crippen LogP) is 2.90. The molecule has 0 heterocycles. The second-order valence-electron chi connectivity index (χ2n) is 2.66. The van der Waals surface area contributed by atoms with E-state index in [4.69, 9.17) is 4.74 Å². The quantitative estimate of drug-likeness (QED) is 0.617. The van der Waals surface area contributed by atoms with Crippen LogP contribution in [-0.2, 0) is 10.1 Å². The van der Waals surface area contributed by atoms with Crippen molar-refractivity contribution in [1.82, 2.24) is 0 Å². The molecule has 0 radical (unpaired) electrons. The third kappa shape index (κ3) is 2.54. The summed E-state index contributed by atoms with van der Waals surface area (Å²) in [6.45, 7) is 2.05. The Morgan fingerprint density at radius 2 is 2.29 bits per heavy atom. The van der Waals surface area contributed by atoms with Gasteiger partial charge in [0, 0.05) is 5.33 Å². The number of esters is 1. The number of alkyl halides is 1. The van der Waals surface area contributed by atoms with Gasteiger partial charge < -0.3 is 4.74 Å². The topological polar surface area (TPSA) is 26.3 Å². The zero-order valence-corrected chi connectivity index (χ0v) is 9.30. The molecule has 0 atom stereocenters. The first-order chi connectivity index (χ1) is 6.69. The summed E-state index contributed by atoms with van der Waals surface area (Å²) in [5.74, 6) is -0.769. The highest BCUT2D eigenvalue weighted by Crippen LogP contribution is 2.15. The van der Waals surface area contributed by atoms with Crippen molar-refractivity contribution < 1.29 is 13.9 Å². The molecule has 0 unspecified atom stereocenters. The van der Waals surface area contributed by atoms with E-state index in [2.05, 4.69) is 15.9 Å². The van der Waals surface area contributed by atoms with Crippen LogP contribution < -0.4 is 0 Å². The molecule has 2 nitrogen and oxygen atoms in total. The second kappa shape index (κ2) is 5.10. The number of carbonyl (C=O) groups is 1. The molecule has 14 heavy (non-hydrogen) atoms. The maximum atomic E-state index is 12.8. The van der Waals surface area contributed by atoms with E-state index >= 15 is 0 Å². The van der Waals surface area contributed by atoms with E-state index < -0.39 is 5.97 Å². The molecule has 0 saturated heterocycles. The van der Waals surface area contributed by atoms with Gasteiger partial charge in [-0.25, -0.2) is 9.18 Å². The first kappa shape index (κ1) is 11.2. The number of benzene rings is 1. The van der Waals surface area contributed by atoms with E-state index in [1.54, 1.807) is 6.92 Å². The van der Waals surface area contributed by atoms with Crippen molar-refractivity contribution in [2.45, 2.75) is 12.3 Å². The molecule has 4 heteroatoms. The van der Waals surface area contributed by atoms with Crippen molar-refractivity contribution in [3.05, 3.63) is 35.1 Å². The lowest BCUT2D eigenvalue weighted by Gasteiger charge is -2.06. The summed E-state index contributed by atoms with van der Waals surface area (Å²) in [7, 11) is 0. The van der Waals surface area contributed by atoms with Crippen molar-refractivity contribution in [1.29, 1.82) is 0 Å². The maximum Gasteiger partial charge on any atom is 0.338 e. The number of hydrogen-bond donors (Lipinski definition) is 0. The van der Waals surface area contributed by atoms with Crippen LogP contribution in [0, 0.1) is 5.82 Å². The van der Waals surface area contributed by atoms with Gasteiger partial charge >= 0.3 is 5.97 Å². The lowest BCUT2D eigenvalue weighted by molar-refractivity contribution is 0.0525. The molecular formula is C10H10BrFO2.